The van der Waals surface area contributed by atoms with Crippen molar-refractivity contribution in [3.8, 4) is 5.75 Å². The Hall–Kier alpha value is -2.47. The van der Waals surface area contributed by atoms with E-state index in [4.69, 9.17) is 16.3 Å². The quantitative estimate of drug-likeness (QED) is 0.860. The third kappa shape index (κ3) is 2.97. The van der Waals surface area contributed by atoms with Crippen molar-refractivity contribution in [3.63, 3.8) is 0 Å². The molecule has 0 fully saturated rings. The minimum absolute atomic E-state index is 0.0194. The summed E-state index contributed by atoms with van der Waals surface area (Å²) in [6, 6.07) is 6.01. The van der Waals surface area contributed by atoms with Crippen LogP contribution in [0.4, 0.5) is 10.2 Å². The van der Waals surface area contributed by atoms with Gasteiger partial charge in [-0.2, -0.15) is 0 Å². The molecule has 0 unspecified atom stereocenters. The lowest BCUT2D eigenvalue weighted by atomic mass is 10.0. The fourth-order valence-electron chi connectivity index (χ4n) is 2.48. The number of ketones is 1. The summed E-state index contributed by atoms with van der Waals surface area (Å²) in [4.78, 5) is 28.1. The second-order valence-corrected chi connectivity index (χ2v) is 5.76. The fraction of sp³-hybridized carbons (Fsp3) is 0.235. The van der Waals surface area contributed by atoms with Gasteiger partial charge in [-0.3, -0.25) is 9.59 Å². The first-order chi connectivity index (χ1) is 11.5. The lowest BCUT2D eigenvalue weighted by Crippen LogP contribution is -2.26. The molecule has 1 amide bonds. The number of carbonyl (C=O) groups excluding carboxylic acids is 2. The summed E-state index contributed by atoms with van der Waals surface area (Å²) in [5.74, 6) is -1.14. The minimum Gasteiger partial charge on any atom is -0.480 e. The van der Waals surface area contributed by atoms with E-state index in [-0.39, 0.29) is 34.6 Å². The second-order valence-electron chi connectivity index (χ2n) is 5.35. The van der Waals surface area contributed by atoms with Crippen molar-refractivity contribution in [1.82, 2.24) is 4.98 Å². The fourth-order valence-corrected chi connectivity index (χ4v) is 2.72. The molecule has 0 saturated heterocycles. The van der Waals surface area contributed by atoms with Crippen LogP contribution in [0.5, 0.6) is 5.75 Å². The van der Waals surface area contributed by atoms with Crippen molar-refractivity contribution < 1.29 is 18.7 Å². The standard InChI is InChI=1S/C17H14ClFN2O3/c1-2-3-9-4-5-10(18)14(15(9)19)16(23)11-6-7-12-17(20-11)21-13(22)8-24-12/h4-7H,2-3,8H2,1H3,(H,20,21,22). The van der Waals surface area contributed by atoms with Crippen LogP contribution in [0.15, 0.2) is 24.3 Å². The number of pyridine rings is 1. The highest BCUT2D eigenvalue weighted by molar-refractivity contribution is 6.35. The zero-order valence-corrected chi connectivity index (χ0v) is 13.6. The SMILES string of the molecule is CCCc1ccc(Cl)c(C(=O)c2ccc3c(n2)NC(=O)CO3)c1F. The van der Waals surface area contributed by atoms with Crippen molar-refractivity contribution in [1.29, 1.82) is 0 Å². The van der Waals surface area contributed by atoms with Gasteiger partial charge in [-0.15, -0.1) is 0 Å². The van der Waals surface area contributed by atoms with Crippen molar-refractivity contribution >= 4 is 29.1 Å². The summed E-state index contributed by atoms with van der Waals surface area (Å²) in [7, 11) is 0. The molecule has 124 valence electrons. The summed E-state index contributed by atoms with van der Waals surface area (Å²) in [6.07, 6.45) is 1.25. The molecular formula is C17H14ClFN2O3. The molecule has 1 aliphatic heterocycles. The Bertz CT molecular complexity index is 839. The Morgan fingerprint density at radius 2 is 2.17 bits per heavy atom. The molecule has 7 heteroatoms. The number of anilines is 1. The van der Waals surface area contributed by atoms with Gasteiger partial charge in [0.1, 0.15) is 11.5 Å². The van der Waals surface area contributed by atoms with Gasteiger partial charge in [0, 0.05) is 0 Å². The first kappa shape index (κ1) is 16.4. The molecule has 1 aliphatic rings. The summed E-state index contributed by atoms with van der Waals surface area (Å²) >= 11 is 6.03. The summed E-state index contributed by atoms with van der Waals surface area (Å²) in [5, 5.41) is 2.54. The third-order valence-corrected chi connectivity index (χ3v) is 3.94. The zero-order valence-electron chi connectivity index (χ0n) is 12.9. The molecule has 0 aliphatic carbocycles. The maximum atomic E-state index is 14.6. The van der Waals surface area contributed by atoms with E-state index >= 15 is 0 Å². The molecule has 0 radical (unpaired) electrons. The van der Waals surface area contributed by atoms with Crippen molar-refractivity contribution in [3.05, 3.63) is 51.9 Å². The van der Waals surface area contributed by atoms with Gasteiger partial charge in [0.25, 0.3) is 5.91 Å². The lowest BCUT2D eigenvalue weighted by molar-refractivity contribution is -0.118. The summed E-state index contributed by atoms with van der Waals surface area (Å²) in [5.41, 5.74) is 0.201. The average Bonchev–Trinajstić information content (AvgIpc) is 2.57. The van der Waals surface area contributed by atoms with Gasteiger partial charge in [-0.25, -0.2) is 9.37 Å². The first-order valence-electron chi connectivity index (χ1n) is 7.46. The van der Waals surface area contributed by atoms with Gasteiger partial charge >= 0.3 is 0 Å². The molecule has 0 atom stereocenters. The number of halogens is 2. The van der Waals surface area contributed by atoms with E-state index in [0.717, 1.165) is 6.42 Å². The zero-order chi connectivity index (χ0) is 17.3. The number of nitrogens with one attached hydrogen (secondary N) is 1. The number of amides is 1. The lowest BCUT2D eigenvalue weighted by Gasteiger charge is -2.17. The summed E-state index contributed by atoms with van der Waals surface area (Å²) < 4.78 is 19.8. The number of hydrogen-bond acceptors (Lipinski definition) is 4. The van der Waals surface area contributed by atoms with Gasteiger partial charge in [0.05, 0.1) is 10.6 Å². The van der Waals surface area contributed by atoms with Crippen LogP contribution < -0.4 is 10.1 Å². The van der Waals surface area contributed by atoms with Gasteiger partial charge in [-0.1, -0.05) is 31.0 Å². The van der Waals surface area contributed by atoms with Crippen molar-refractivity contribution in [2.45, 2.75) is 19.8 Å². The van der Waals surface area contributed by atoms with Gasteiger partial charge in [0.2, 0.25) is 5.78 Å². The molecule has 0 spiro atoms. The third-order valence-electron chi connectivity index (χ3n) is 3.62. The van der Waals surface area contributed by atoms with E-state index in [1.54, 1.807) is 6.07 Å². The largest absolute Gasteiger partial charge is 0.480 e. The number of aromatic nitrogens is 1. The minimum atomic E-state index is -0.641. The van der Waals surface area contributed by atoms with Crippen LogP contribution in [0.1, 0.15) is 35.0 Å². The molecule has 24 heavy (non-hydrogen) atoms. The monoisotopic (exact) mass is 348 g/mol. The Morgan fingerprint density at radius 1 is 1.38 bits per heavy atom. The number of fused-ring (bicyclic) bond motifs is 1. The Morgan fingerprint density at radius 3 is 2.92 bits per heavy atom. The van der Waals surface area contributed by atoms with Crippen molar-refractivity contribution in [2.75, 3.05) is 11.9 Å². The van der Waals surface area contributed by atoms with E-state index in [0.29, 0.717) is 17.7 Å². The number of aryl methyl sites for hydroxylation is 1. The molecule has 1 aromatic heterocycles. The van der Waals surface area contributed by atoms with E-state index in [2.05, 4.69) is 10.3 Å². The van der Waals surface area contributed by atoms with Crippen LogP contribution in [0.2, 0.25) is 5.02 Å². The van der Waals surface area contributed by atoms with Gasteiger partial charge in [-0.05, 0) is 30.2 Å². The van der Waals surface area contributed by atoms with Crippen LogP contribution in [-0.4, -0.2) is 23.3 Å². The highest BCUT2D eigenvalue weighted by Gasteiger charge is 2.24. The molecule has 3 rings (SSSR count). The average molecular weight is 349 g/mol. The Kier molecular flexibility index (Phi) is 4.49. The maximum Gasteiger partial charge on any atom is 0.263 e. The number of carbonyl (C=O) groups is 2. The highest BCUT2D eigenvalue weighted by Crippen LogP contribution is 2.29. The predicted octanol–water partition coefficient (Wildman–Crippen LogP) is 3.39. The Balaban J connectivity index is 2.02. The first-order valence-corrected chi connectivity index (χ1v) is 7.84. The predicted molar refractivity (Wildman–Crippen MR) is 87.2 cm³/mol. The summed E-state index contributed by atoms with van der Waals surface area (Å²) in [6.45, 7) is 1.81. The number of rotatable bonds is 4. The van der Waals surface area contributed by atoms with Crippen LogP contribution in [-0.2, 0) is 11.2 Å². The Labute approximate surface area is 142 Å². The second kappa shape index (κ2) is 6.57. The molecule has 0 bridgehead atoms. The number of hydrogen-bond donors (Lipinski definition) is 1. The van der Waals surface area contributed by atoms with E-state index in [1.165, 1.54) is 18.2 Å². The van der Waals surface area contributed by atoms with Crippen LogP contribution >= 0.6 is 11.6 Å². The van der Waals surface area contributed by atoms with Crippen LogP contribution in [0.25, 0.3) is 0 Å². The normalized spacial score (nSPS) is 13.0. The number of nitrogens with zero attached hydrogens (tertiary/aromatic N) is 1. The van der Waals surface area contributed by atoms with Gasteiger partial charge < -0.3 is 10.1 Å². The highest BCUT2D eigenvalue weighted by atomic mass is 35.5. The molecule has 2 aromatic rings. The van der Waals surface area contributed by atoms with Crippen LogP contribution in [0, 0.1) is 5.82 Å². The van der Waals surface area contributed by atoms with Crippen molar-refractivity contribution in [2.24, 2.45) is 0 Å². The molecule has 0 saturated carbocycles. The van der Waals surface area contributed by atoms with Gasteiger partial charge in [0.15, 0.2) is 18.2 Å². The van der Waals surface area contributed by atoms with E-state index < -0.39 is 11.6 Å². The molecule has 1 aromatic carbocycles. The molecular weight excluding hydrogens is 335 g/mol. The smallest absolute Gasteiger partial charge is 0.263 e. The molecule has 5 nitrogen and oxygen atoms in total. The van der Waals surface area contributed by atoms with Crippen LogP contribution in [0.3, 0.4) is 0 Å². The number of benzene rings is 1. The van der Waals surface area contributed by atoms with E-state index in [1.807, 2.05) is 6.92 Å². The number of ether oxygens (including phenoxy) is 1. The molecule has 1 N–H and O–H groups in total. The topological polar surface area (TPSA) is 68.3 Å². The van der Waals surface area contributed by atoms with E-state index in [9.17, 15) is 14.0 Å². The maximum absolute atomic E-state index is 14.6. The molecule has 2 heterocycles.